The maximum Gasteiger partial charge on any atom is 0.228 e. The fraction of sp³-hybridized carbons (Fsp3) is 0.571. The molecular weight excluding hydrogens is 384 g/mol. The second-order valence-corrected chi connectivity index (χ2v) is 6.68. The molecule has 0 radical (unpaired) electrons. The Kier molecular flexibility index (Phi) is 12.4. The topological polar surface area (TPSA) is 127 Å². The van der Waals surface area contributed by atoms with Gasteiger partial charge in [0, 0.05) is 31.8 Å². The highest BCUT2D eigenvalue weighted by atomic mass is 16.5. The van der Waals surface area contributed by atoms with Crippen LogP contribution in [-0.4, -0.2) is 72.7 Å². The van der Waals surface area contributed by atoms with Gasteiger partial charge in [0.15, 0.2) is 5.82 Å². The predicted octanol–water partition coefficient (Wildman–Crippen LogP) is 1.91. The van der Waals surface area contributed by atoms with Crippen molar-refractivity contribution in [3.63, 3.8) is 0 Å². The maximum atomic E-state index is 8.85. The smallest absolute Gasteiger partial charge is 0.228 e. The number of ether oxygens (including phenoxy) is 2. The van der Waals surface area contributed by atoms with Gasteiger partial charge in [0.2, 0.25) is 11.9 Å². The van der Waals surface area contributed by atoms with E-state index in [0.29, 0.717) is 57.2 Å². The van der Waals surface area contributed by atoms with E-state index in [1.165, 1.54) is 0 Å². The van der Waals surface area contributed by atoms with Gasteiger partial charge in [-0.15, -0.1) is 0 Å². The number of unbranched alkanes of at least 4 members (excludes halogenated alkanes) is 3. The molecule has 0 saturated carbocycles. The molecule has 30 heavy (non-hydrogen) atoms. The van der Waals surface area contributed by atoms with Crippen molar-refractivity contribution in [3.05, 3.63) is 30.3 Å². The van der Waals surface area contributed by atoms with Crippen LogP contribution in [0.25, 0.3) is 11.4 Å². The molecule has 9 nitrogen and oxygen atoms in total. The summed E-state index contributed by atoms with van der Waals surface area (Å²) in [4.78, 5) is 13.6. The van der Waals surface area contributed by atoms with Gasteiger partial charge in [-0.3, -0.25) is 0 Å². The minimum absolute atomic E-state index is 0.251. The summed E-state index contributed by atoms with van der Waals surface area (Å²) in [6.07, 6.45) is 3.92. The van der Waals surface area contributed by atoms with Gasteiger partial charge < -0.3 is 30.9 Å². The molecule has 0 bridgehead atoms. The molecule has 0 spiro atoms. The molecule has 0 unspecified atom stereocenters. The van der Waals surface area contributed by atoms with E-state index >= 15 is 0 Å². The van der Waals surface area contributed by atoms with Crippen molar-refractivity contribution in [1.29, 1.82) is 0 Å². The van der Waals surface area contributed by atoms with E-state index < -0.39 is 0 Å². The first-order chi connectivity index (χ1) is 14.8. The van der Waals surface area contributed by atoms with Gasteiger partial charge in [0.1, 0.15) is 0 Å². The lowest BCUT2D eigenvalue weighted by atomic mass is 10.2. The van der Waals surface area contributed by atoms with Gasteiger partial charge in [0.25, 0.3) is 0 Å². The molecule has 2 aromatic rings. The van der Waals surface area contributed by atoms with Gasteiger partial charge in [-0.1, -0.05) is 43.2 Å². The van der Waals surface area contributed by atoms with Crippen LogP contribution in [0.5, 0.6) is 0 Å². The molecule has 166 valence electrons. The third-order valence-electron chi connectivity index (χ3n) is 4.20. The molecule has 0 amide bonds. The van der Waals surface area contributed by atoms with Crippen molar-refractivity contribution in [3.8, 4) is 11.4 Å². The number of nitrogens with one attached hydrogen (secondary N) is 2. The van der Waals surface area contributed by atoms with E-state index in [-0.39, 0.29) is 6.61 Å². The van der Waals surface area contributed by atoms with E-state index in [4.69, 9.17) is 20.3 Å². The second kappa shape index (κ2) is 15.5. The summed E-state index contributed by atoms with van der Waals surface area (Å²) in [5, 5.41) is 15.3. The Morgan fingerprint density at radius 2 is 1.43 bits per heavy atom. The van der Waals surface area contributed by atoms with E-state index in [1.54, 1.807) is 0 Å². The lowest BCUT2D eigenvalue weighted by Crippen LogP contribution is -2.16. The van der Waals surface area contributed by atoms with Crippen LogP contribution in [0, 0.1) is 0 Å². The lowest BCUT2D eigenvalue weighted by Gasteiger charge is -2.11. The number of aliphatic hydroxyl groups is 1. The first kappa shape index (κ1) is 23.9. The van der Waals surface area contributed by atoms with Crippen LogP contribution >= 0.6 is 0 Å². The van der Waals surface area contributed by atoms with Crippen LogP contribution in [0.2, 0.25) is 0 Å². The van der Waals surface area contributed by atoms with Crippen LogP contribution in [0.15, 0.2) is 30.3 Å². The Morgan fingerprint density at radius 1 is 0.767 bits per heavy atom. The van der Waals surface area contributed by atoms with Gasteiger partial charge >= 0.3 is 0 Å². The lowest BCUT2D eigenvalue weighted by molar-refractivity contribution is 0.0547. The maximum absolute atomic E-state index is 8.85. The van der Waals surface area contributed by atoms with E-state index in [1.807, 2.05) is 30.3 Å². The quantitative estimate of drug-likeness (QED) is 0.285. The molecule has 0 atom stereocenters. The Balaban J connectivity index is 1.86. The van der Waals surface area contributed by atoms with Crippen molar-refractivity contribution in [2.45, 2.75) is 25.7 Å². The average Bonchev–Trinajstić information content (AvgIpc) is 2.78. The molecule has 9 heteroatoms. The Labute approximate surface area is 178 Å². The molecule has 0 aliphatic heterocycles. The number of benzene rings is 1. The first-order valence-corrected chi connectivity index (χ1v) is 10.6. The molecule has 0 aliphatic carbocycles. The Bertz CT molecular complexity index is 690. The SMILES string of the molecule is NCCOCCOCCNc1nc(NCCCCCCO)nc(-c2ccccc2)n1. The van der Waals surface area contributed by atoms with Crippen LogP contribution in [0.3, 0.4) is 0 Å². The molecule has 0 saturated heterocycles. The minimum Gasteiger partial charge on any atom is -0.396 e. The summed E-state index contributed by atoms with van der Waals surface area (Å²) >= 11 is 0. The highest BCUT2D eigenvalue weighted by molar-refractivity contribution is 5.57. The summed E-state index contributed by atoms with van der Waals surface area (Å²) in [5.41, 5.74) is 6.30. The molecule has 1 heterocycles. The number of anilines is 2. The molecule has 1 aromatic heterocycles. The van der Waals surface area contributed by atoms with Crippen LogP contribution in [0.1, 0.15) is 25.7 Å². The molecular formula is C21H34N6O3. The normalized spacial score (nSPS) is 10.9. The number of aromatic nitrogens is 3. The number of aliphatic hydroxyl groups excluding tert-OH is 1. The highest BCUT2D eigenvalue weighted by Crippen LogP contribution is 2.17. The standard InChI is InChI=1S/C21H34N6O3/c22-10-14-29-16-17-30-15-12-24-21-26-19(18-8-4-3-5-9-18)25-20(27-21)23-11-6-1-2-7-13-28/h3-5,8-9,28H,1-2,6-7,10-17,22H2,(H2,23,24,25,26,27). The minimum atomic E-state index is 0.251. The van der Waals surface area contributed by atoms with Crippen molar-refractivity contribution < 1.29 is 14.6 Å². The third-order valence-corrected chi connectivity index (χ3v) is 4.20. The molecule has 1 aromatic carbocycles. The van der Waals surface area contributed by atoms with Crippen molar-refractivity contribution in [2.24, 2.45) is 5.73 Å². The fourth-order valence-corrected chi connectivity index (χ4v) is 2.68. The second-order valence-electron chi connectivity index (χ2n) is 6.68. The average molecular weight is 419 g/mol. The van der Waals surface area contributed by atoms with E-state index in [9.17, 15) is 0 Å². The van der Waals surface area contributed by atoms with Gasteiger partial charge in [-0.25, -0.2) is 0 Å². The van der Waals surface area contributed by atoms with E-state index in [2.05, 4.69) is 25.6 Å². The Morgan fingerprint density at radius 3 is 2.13 bits per heavy atom. The number of rotatable bonds is 17. The van der Waals surface area contributed by atoms with E-state index in [0.717, 1.165) is 37.8 Å². The summed E-state index contributed by atoms with van der Waals surface area (Å²) < 4.78 is 10.8. The number of hydrogen-bond acceptors (Lipinski definition) is 9. The van der Waals surface area contributed by atoms with Crippen molar-refractivity contribution in [2.75, 3.05) is 63.3 Å². The van der Waals surface area contributed by atoms with Crippen molar-refractivity contribution >= 4 is 11.9 Å². The molecule has 5 N–H and O–H groups in total. The number of hydrogen-bond donors (Lipinski definition) is 4. The summed E-state index contributed by atoms with van der Waals surface area (Å²) in [5.74, 6) is 1.67. The predicted molar refractivity (Wildman–Crippen MR) is 118 cm³/mol. The highest BCUT2D eigenvalue weighted by Gasteiger charge is 2.08. The largest absolute Gasteiger partial charge is 0.396 e. The zero-order valence-electron chi connectivity index (χ0n) is 17.6. The van der Waals surface area contributed by atoms with Crippen LogP contribution < -0.4 is 16.4 Å². The molecule has 0 fully saturated rings. The summed E-state index contributed by atoms with van der Waals surface area (Å²) in [6, 6.07) is 9.83. The first-order valence-electron chi connectivity index (χ1n) is 10.6. The monoisotopic (exact) mass is 418 g/mol. The Hall–Kier alpha value is -2.33. The van der Waals surface area contributed by atoms with Crippen LogP contribution in [0.4, 0.5) is 11.9 Å². The van der Waals surface area contributed by atoms with Crippen molar-refractivity contribution in [1.82, 2.24) is 15.0 Å². The number of nitrogens with zero attached hydrogens (tertiary/aromatic N) is 3. The van der Waals surface area contributed by atoms with Crippen LogP contribution in [-0.2, 0) is 9.47 Å². The van der Waals surface area contributed by atoms with Gasteiger partial charge in [0.05, 0.1) is 26.4 Å². The molecule has 0 aliphatic rings. The van der Waals surface area contributed by atoms with Gasteiger partial charge in [-0.05, 0) is 12.8 Å². The summed E-state index contributed by atoms with van der Waals surface area (Å²) in [6.45, 7) is 4.25. The van der Waals surface area contributed by atoms with Gasteiger partial charge in [-0.2, -0.15) is 15.0 Å². The fourth-order valence-electron chi connectivity index (χ4n) is 2.68. The summed E-state index contributed by atoms with van der Waals surface area (Å²) in [7, 11) is 0. The number of nitrogens with two attached hydrogens (primary N) is 1. The molecule has 2 rings (SSSR count). The zero-order valence-corrected chi connectivity index (χ0v) is 17.6. The third kappa shape index (κ3) is 9.93. The zero-order chi connectivity index (χ0) is 21.3.